The van der Waals surface area contributed by atoms with Gasteiger partial charge in [0.15, 0.2) is 11.5 Å². The Labute approximate surface area is 210 Å². The lowest BCUT2D eigenvalue weighted by atomic mass is 10.1. The largest absolute Gasteiger partial charge is 0.494 e. The van der Waals surface area contributed by atoms with Gasteiger partial charge in [-0.1, -0.05) is 30.3 Å². The summed E-state index contributed by atoms with van der Waals surface area (Å²) < 4.78 is 16.1. The number of carbonyl (C=O) groups excluding carboxylic acids is 3. The third-order valence-electron chi connectivity index (χ3n) is 5.99. The zero-order valence-corrected chi connectivity index (χ0v) is 20.5. The van der Waals surface area contributed by atoms with Crippen molar-refractivity contribution in [3.05, 3.63) is 83.9 Å². The minimum atomic E-state index is -0.954. The Bertz CT molecular complexity index is 1240. The zero-order valence-electron chi connectivity index (χ0n) is 20.5. The van der Waals surface area contributed by atoms with Crippen molar-refractivity contribution >= 4 is 23.4 Å². The number of amides is 3. The Morgan fingerprint density at radius 3 is 2.28 bits per heavy atom. The van der Waals surface area contributed by atoms with Crippen molar-refractivity contribution in [1.29, 1.82) is 0 Å². The van der Waals surface area contributed by atoms with Gasteiger partial charge in [0.2, 0.25) is 5.91 Å². The summed E-state index contributed by atoms with van der Waals surface area (Å²) in [7, 11) is 3.00. The molecule has 0 radical (unpaired) electrons. The molecule has 3 aromatic carbocycles. The third kappa shape index (κ3) is 5.02. The number of benzene rings is 3. The van der Waals surface area contributed by atoms with Crippen LogP contribution in [0.4, 0.5) is 5.69 Å². The molecule has 1 aliphatic heterocycles. The number of ether oxygens (including phenoxy) is 3. The molecule has 0 aliphatic carbocycles. The number of anilines is 1. The van der Waals surface area contributed by atoms with E-state index in [2.05, 4.69) is 0 Å². The Hall–Kier alpha value is -4.33. The zero-order chi connectivity index (χ0) is 25.7. The molecule has 0 bridgehead atoms. The Balaban J connectivity index is 1.67. The number of methoxy groups -OCH3 is 2. The summed E-state index contributed by atoms with van der Waals surface area (Å²) in [5, 5.41) is 0. The van der Waals surface area contributed by atoms with Crippen LogP contribution in [0, 0.1) is 0 Å². The second-order valence-electron chi connectivity index (χ2n) is 8.20. The fourth-order valence-electron chi connectivity index (χ4n) is 4.23. The van der Waals surface area contributed by atoms with Gasteiger partial charge in [0, 0.05) is 12.1 Å². The molecule has 1 aliphatic rings. The molecule has 1 unspecified atom stereocenters. The van der Waals surface area contributed by atoms with Crippen molar-refractivity contribution < 1.29 is 28.6 Å². The minimum absolute atomic E-state index is 0.113. The van der Waals surface area contributed by atoms with E-state index in [-0.39, 0.29) is 24.8 Å². The Morgan fingerprint density at radius 1 is 0.944 bits per heavy atom. The number of hydrogen-bond acceptors (Lipinski definition) is 6. The Morgan fingerprint density at radius 2 is 1.64 bits per heavy atom. The monoisotopic (exact) mass is 488 g/mol. The van der Waals surface area contributed by atoms with E-state index in [0.717, 1.165) is 10.5 Å². The van der Waals surface area contributed by atoms with Crippen LogP contribution in [0.25, 0.3) is 0 Å². The highest BCUT2D eigenvalue weighted by molar-refractivity contribution is 6.23. The van der Waals surface area contributed by atoms with E-state index in [9.17, 15) is 14.4 Å². The third-order valence-corrected chi connectivity index (χ3v) is 5.99. The summed E-state index contributed by atoms with van der Waals surface area (Å²) in [6.07, 6.45) is -0.113. The van der Waals surface area contributed by atoms with Gasteiger partial charge in [0.05, 0.1) is 32.9 Å². The van der Waals surface area contributed by atoms with E-state index in [1.54, 1.807) is 42.5 Å². The number of rotatable bonds is 9. The Kier molecular flexibility index (Phi) is 7.53. The molecular weight excluding hydrogens is 460 g/mol. The molecule has 0 aromatic heterocycles. The van der Waals surface area contributed by atoms with Crippen LogP contribution in [0.5, 0.6) is 17.2 Å². The summed E-state index contributed by atoms with van der Waals surface area (Å²) in [6, 6.07) is 20.0. The fraction of sp³-hybridized carbons (Fsp3) is 0.250. The first-order chi connectivity index (χ1) is 17.5. The van der Waals surface area contributed by atoms with Gasteiger partial charge in [-0.2, -0.15) is 0 Å². The highest BCUT2D eigenvalue weighted by Crippen LogP contribution is 2.31. The van der Waals surface area contributed by atoms with Gasteiger partial charge in [-0.05, 0) is 55.0 Å². The lowest BCUT2D eigenvalue weighted by Gasteiger charge is -2.28. The van der Waals surface area contributed by atoms with Crippen LogP contribution in [0.2, 0.25) is 0 Å². The molecule has 1 saturated heterocycles. The summed E-state index contributed by atoms with van der Waals surface area (Å²) in [4.78, 5) is 42.9. The van der Waals surface area contributed by atoms with E-state index in [4.69, 9.17) is 14.2 Å². The van der Waals surface area contributed by atoms with Crippen LogP contribution < -0.4 is 19.1 Å². The first-order valence-electron chi connectivity index (χ1n) is 11.6. The van der Waals surface area contributed by atoms with Crippen LogP contribution >= 0.6 is 0 Å². The maximum absolute atomic E-state index is 13.7. The fourth-order valence-corrected chi connectivity index (χ4v) is 4.23. The molecule has 1 atom stereocenters. The van der Waals surface area contributed by atoms with Crippen LogP contribution in [0.3, 0.4) is 0 Å². The van der Waals surface area contributed by atoms with Crippen LogP contribution in [0.15, 0.2) is 72.8 Å². The van der Waals surface area contributed by atoms with E-state index < -0.39 is 11.9 Å². The van der Waals surface area contributed by atoms with Crippen molar-refractivity contribution in [2.75, 3.05) is 25.7 Å². The first kappa shape index (κ1) is 24.8. The average Bonchev–Trinajstić information content (AvgIpc) is 3.21. The van der Waals surface area contributed by atoms with Gasteiger partial charge in [0.1, 0.15) is 11.8 Å². The molecule has 8 nitrogen and oxygen atoms in total. The van der Waals surface area contributed by atoms with Crippen LogP contribution in [-0.2, 0) is 16.1 Å². The van der Waals surface area contributed by atoms with Crippen molar-refractivity contribution in [3.8, 4) is 17.2 Å². The molecule has 0 N–H and O–H groups in total. The molecule has 4 rings (SSSR count). The van der Waals surface area contributed by atoms with Gasteiger partial charge in [-0.3, -0.25) is 14.4 Å². The molecule has 3 aromatic rings. The lowest BCUT2D eigenvalue weighted by molar-refractivity contribution is -0.122. The standard InChI is InChI=1S/C28H28N2O6/c1-4-36-22-13-11-21(12-14-22)30-26(31)17-23(28(30)33)29(18-19-8-6-5-7-9-19)27(32)20-10-15-24(34-2)25(16-20)35-3/h5-16,23H,4,17-18H2,1-3H3. The molecular formula is C28H28N2O6. The van der Waals surface area contributed by atoms with Gasteiger partial charge in [-0.15, -0.1) is 0 Å². The van der Waals surface area contributed by atoms with Crippen LogP contribution in [0.1, 0.15) is 29.3 Å². The van der Waals surface area contributed by atoms with E-state index >= 15 is 0 Å². The normalized spacial score (nSPS) is 15.1. The van der Waals surface area contributed by atoms with Crippen LogP contribution in [-0.4, -0.2) is 49.5 Å². The SMILES string of the molecule is CCOc1ccc(N2C(=O)CC(N(Cc3ccccc3)C(=O)c3ccc(OC)c(OC)c3)C2=O)cc1. The summed E-state index contributed by atoms with van der Waals surface area (Å²) in [6.45, 7) is 2.55. The smallest absolute Gasteiger partial charge is 0.257 e. The number of nitrogens with zero attached hydrogens (tertiary/aromatic N) is 2. The number of carbonyl (C=O) groups is 3. The maximum Gasteiger partial charge on any atom is 0.257 e. The molecule has 0 spiro atoms. The average molecular weight is 489 g/mol. The van der Waals surface area contributed by atoms with Gasteiger partial charge in [0.25, 0.3) is 11.8 Å². The predicted molar refractivity (Wildman–Crippen MR) is 134 cm³/mol. The molecule has 3 amide bonds. The highest BCUT2D eigenvalue weighted by atomic mass is 16.5. The highest BCUT2D eigenvalue weighted by Gasteiger charge is 2.44. The van der Waals surface area contributed by atoms with E-state index in [1.807, 2.05) is 37.3 Å². The number of imide groups is 1. The second-order valence-corrected chi connectivity index (χ2v) is 8.20. The van der Waals surface area contributed by atoms with Gasteiger partial charge >= 0.3 is 0 Å². The second kappa shape index (κ2) is 10.9. The van der Waals surface area contributed by atoms with Crippen molar-refractivity contribution in [2.24, 2.45) is 0 Å². The molecule has 1 fully saturated rings. The summed E-state index contributed by atoms with van der Waals surface area (Å²) in [5.74, 6) is 0.317. The van der Waals surface area contributed by atoms with Gasteiger partial charge < -0.3 is 19.1 Å². The summed E-state index contributed by atoms with van der Waals surface area (Å²) in [5.41, 5.74) is 1.60. The van der Waals surface area contributed by atoms with Gasteiger partial charge in [-0.25, -0.2) is 4.90 Å². The quantitative estimate of drug-likeness (QED) is 0.422. The van der Waals surface area contributed by atoms with Crippen molar-refractivity contribution in [1.82, 2.24) is 4.90 Å². The topological polar surface area (TPSA) is 85.4 Å². The maximum atomic E-state index is 13.7. The molecule has 0 saturated carbocycles. The van der Waals surface area contributed by atoms with E-state index in [0.29, 0.717) is 35.1 Å². The van der Waals surface area contributed by atoms with Crippen molar-refractivity contribution in [3.63, 3.8) is 0 Å². The number of hydrogen-bond donors (Lipinski definition) is 0. The summed E-state index contributed by atoms with van der Waals surface area (Å²) >= 11 is 0. The first-order valence-corrected chi connectivity index (χ1v) is 11.6. The van der Waals surface area contributed by atoms with Crippen molar-refractivity contribution in [2.45, 2.75) is 25.9 Å². The molecule has 186 valence electrons. The predicted octanol–water partition coefficient (Wildman–Crippen LogP) is 4.08. The minimum Gasteiger partial charge on any atom is -0.494 e. The molecule has 36 heavy (non-hydrogen) atoms. The lowest BCUT2D eigenvalue weighted by Crippen LogP contribution is -2.45. The van der Waals surface area contributed by atoms with E-state index in [1.165, 1.54) is 19.1 Å². The molecule has 8 heteroatoms. The molecule has 1 heterocycles.